The molecule has 0 bridgehead atoms. The van der Waals surface area contributed by atoms with Crippen LogP contribution in [0.15, 0.2) is 42.6 Å². The summed E-state index contributed by atoms with van der Waals surface area (Å²) in [6.07, 6.45) is 0.335. The summed E-state index contributed by atoms with van der Waals surface area (Å²) >= 11 is 0. The minimum Gasteiger partial charge on any atom is -0.494 e. The zero-order chi connectivity index (χ0) is 41.5. The molecule has 3 fully saturated rings. The molecule has 2 saturated carbocycles. The van der Waals surface area contributed by atoms with Crippen LogP contribution in [0, 0.1) is 5.92 Å². The lowest BCUT2D eigenvalue weighted by Crippen LogP contribution is -2.61. The number of nitrogens with zero attached hydrogens (tertiary/aromatic N) is 2. The van der Waals surface area contributed by atoms with Crippen molar-refractivity contribution in [3.05, 3.63) is 42.6 Å². The number of amides is 4. The van der Waals surface area contributed by atoms with Gasteiger partial charge in [0.15, 0.2) is 5.60 Å². The molecule has 7 atom stereocenters. The lowest BCUT2D eigenvalue weighted by Gasteiger charge is -2.34. The molecule has 6 rings (SSSR count). The van der Waals surface area contributed by atoms with Crippen molar-refractivity contribution in [1.82, 2.24) is 25.2 Å². The molecule has 18 heteroatoms. The standard InChI is InChI=1S/C39H51F2N5O10S/c1-7-28-30(43-36(50)56-37(3,4)34(40)41)33(48)46-21-24(55-32-26-15-11-10-14-25(26)29(53-6)20-42-32)18-27(46)31(47)44-39(19-23(39)13-9-8-12-22(2)54-28)35(49)45-57(51,52)38(5)16-17-38/h9-11,13-15,20,22-24,27-28,30,34H,7-8,12,16-19,21H2,1-6H3,(H,43,50)(H,44,47)(H,45,49). The van der Waals surface area contributed by atoms with E-state index in [0.717, 1.165) is 13.8 Å². The highest BCUT2D eigenvalue weighted by atomic mass is 32.2. The van der Waals surface area contributed by atoms with Gasteiger partial charge in [-0.2, -0.15) is 0 Å². The number of hydrogen-bond acceptors (Lipinski definition) is 11. The minimum absolute atomic E-state index is 0.0994. The van der Waals surface area contributed by atoms with Crippen LogP contribution in [0.1, 0.15) is 79.6 Å². The van der Waals surface area contributed by atoms with Gasteiger partial charge in [0.05, 0.1) is 36.8 Å². The predicted molar refractivity (Wildman–Crippen MR) is 203 cm³/mol. The van der Waals surface area contributed by atoms with Gasteiger partial charge >= 0.3 is 6.09 Å². The monoisotopic (exact) mass is 819 g/mol. The number of halogens is 2. The maximum absolute atomic E-state index is 14.8. The Labute approximate surface area is 330 Å². The zero-order valence-corrected chi connectivity index (χ0v) is 33.7. The first-order valence-electron chi connectivity index (χ1n) is 19.2. The van der Waals surface area contributed by atoms with Gasteiger partial charge in [-0.05, 0) is 72.3 Å². The molecule has 4 amide bonds. The van der Waals surface area contributed by atoms with Crippen molar-refractivity contribution in [2.45, 2.75) is 132 Å². The van der Waals surface area contributed by atoms with Gasteiger partial charge in [0.2, 0.25) is 27.7 Å². The molecule has 1 aromatic carbocycles. The van der Waals surface area contributed by atoms with Crippen molar-refractivity contribution in [2.75, 3.05) is 13.7 Å². The largest absolute Gasteiger partial charge is 0.494 e. The number of fused-ring (bicyclic) bond motifs is 3. The molecule has 0 radical (unpaired) electrons. The fourth-order valence-electron chi connectivity index (χ4n) is 7.30. The van der Waals surface area contributed by atoms with E-state index < -0.39 is 92.5 Å². The van der Waals surface area contributed by atoms with E-state index in [1.165, 1.54) is 18.2 Å². The Balaban J connectivity index is 1.37. The van der Waals surface area contributed by atoms with Gasteiger partial charge in [0.25, 0.3) is 12.3 Å². The summed E-state index contributed by atoms with van der Waals surface area (Å²) in [5.41, 5.74) is -3.83. The Hall–Kier alpha value is -4.58. The molecule has 2 aromatic rings. The summed E-state index contributed by atoms with van der Waals surface area (Å²) in [4.78, 5) is 62.1. The Morgan fingerprint density at radius 2 is 1.88 bits per heavy atom. The van der Waals surface area contributed by atoms with E-state index in [1.54, 1.807) is 39.0 Å². The van der Waals surface area contributed by atoms with Gasteiger partial charge in [-0.1, -0.05) is 37.3 Å². The van der Waals surface area contributed by atoms with Gasteiger partial charge in [-0.15, -0.1) is 0 Å². The van der Waals surface area contributed by atoms with Crippen LogP contribution in [0.25, 0.3) is 10.8 Å². The molecule has 1 saturated heterocycles. The van der Waals surface area contributed by atoms with Crippen LogP contribution >= 0.6 is 0 Å². The Kier molecular flexibility index (Phi) is 11.8. The highest BCUT2D eigenvalue weighted by Crippen LogP contribution is 2.47. The lowest BCUT2D eigenvalue weighted by molar-refractivity contribution is -0.145. The first-order chi connectivity index (χ1) is 26.8. The van der Waals surface area contributed by atoms with E-state index in [-0.39, 0.29) is 31.7 Å². The van der Waals surface area contributed by atoms with Crippen LogP contribution in [-0.4, -0.2) is 108 Å². The second kappa shape index (κ2) is 16.0. The average molecular weight is 820 g/mol. The fraction of sp³-hybridized carbons (Fsp3) is 0.615. The quantitative estimate of drug-likeness (QED) is 0.292. The van der Waals surface area contributed by atoms with Crippen molar-refractivity contribution in [1.29, 1.82) is 0 Å². The molecule has 7 unspecified atom stereocenters. The Morgan fingerprint density at radius 3 is 2.53 bits per heavy atom. The van der Waals surface area contributed by atoms with Crippen LogP contribution < -0.4 is 24.8 Å². The molecule has 312 valence electrons. The smallest absolute Gasteiger partial charge is 0.408 e. The van der Waals surface area contributed by atoms with Gasteiger partial charge in [-0.3, -0.25) is 19.1 Å². The summed E-state index contributed by atoms with van der Waals surface area (Å²) in [5, 5.41) is 6.57. The molecule has 0 spiro atoms. The molecule has 2 aliphatic heterocycles. The van der Waals surface area contributed by atoms with Gasteiger partial charge in [0.1, 0.15) is 29.5 Å². The first kappa shape index (κ1) is 42.0. The average Bonchev–Trinajstić information content (AvgIpc) is 4.04. The highest BCUT2D eigenvalue weighted by Gasteiger charge is 2.63. The fourth-order valence-corrected chi connectivity index (χ4v) is 8.61. The van der Waals surface area contributed by atoms with Crippen LogP contribution in [0.5, 0.6) is 11.6 Å². The Morgan fingerprint density at radius 1 is 1.18 bits per heavy atom. The molecular weight excluding hydrogens is 769 g/mol. The normalized spacial score (nSPS) is 29.0. The van der Waals surface area contributed by atoms with Crippen molar-refractivity contribution < 1.29 is 55.3 Å². The van der Waals surface area contributed by atoms with E-state index in [2.05, 4.69) is 20.3 Å². The minimum atomic E-state index is -4.07. The first-order valence-corrected chi connectivity index (χ1v) is 20.7. The van der Waals surface area contributed by atoms with Gasteiger partial charge in [0, 0.05) is 23.1 Å². The number of aromatic nitrogens is 1. The SMILES string of the molecule is CCC1OC(C)CCC=CC2CC2(C(=O)NS(=O)(=O)C2(C)CC2)NC(=O)C2CC(Oc3ncc(OC)c4ccccc34)CN2C(=O)C1NC(=O)OC(C)(C)C(F)F. The van der Waals surface area contributed by atoms with Crippen molar-refractivity contribution in [2.24, 2.45) is 5.92 Å². The number of pyridine rings is 1. The Bertz CT molecular complexity index is 2030. The lowest BCUT2D eigenvalue weighted by atomic mass is 10.0. The van der Waals surface area contributed by atoms with Crippen molar-refractivity contribution in [3.63, 3.8) is 0 Å². The second-order valence-electron chi connectivity index (χ2n) is 16.1. The summed E-state index contributed by atoms with van der Waals surface area (Å²) in [5.74, 6) is -2.29. The second-order valence-corrected chi connectivity index (χ2v) is 18.3. The van der Waals surface area contributed by atoms with Crippen LogP contribution in [-0.2, 0) is 33.9 Å². The number of methoxy groups -OCH3 is 1. The predicted octanol–water partition coefficient (Wildman–Crippen LogP) is 4.14. The van der Waals surface area contributed by atoms with E-state index >= 15 is 0 Å². The maximum Gasteiger partial charge on any atom is 0.408 e. The van der Waals surface area contributed by atoms with E-state index in [0.29, 0.717) is 42.2 Å². The number of rotatable bonds is 10. The number of ether oxygens (including phenoxy) is 4. The number of sulfonamides is 1. The molecule has 3 heterocycles. The number of carbonyl (C=O) groups is 4. The number of benzene rings is 1. The summed E-state index contributed by atoms with van der Waals surface area (Å²) in [6, 6.07) is 4.39. The molecule has 3 N–H and O–H groups in total. The summed E-state index contributed by atoms with van der Waals surface area (Å²) < 4.78 is 78.2. The topological polar surface area (TPSA) is 192 Å². The van der Waals surface area contributed by atoms with E-state index in [9.17, 15) is 36.4 Å². The molecule has 15 nitrogen and oxygen atoms in total. The van der Waals surface area contributed by atoms with E-state index in [1.807, 2.05) is 18.2 Å². The van der Waals surface area contributed by atoms with Crippen molar-refractivity contribution >= 4 is 44.6 Å². The number of alkyl halides is 2. The van der Waals surface area contributed by atoms with Crippen LogP contribution in [0.3, 0.4) is 0 Å². The van der Waals surface area contributed by atoms with Crippen molar-refractivity contribution in [3.8, 4) is 11.6 Å². The molecule has 1 aromatic heterocycles. The third-order valence-corrected chi connectivity index (χ3v) is 13.5. The summed E-state index contributed by atoms with van der Waals surface area (Å²) in [6.45, 7) is 6.93. The molecule has 57 heavy (non-hydrogen) atoms. The number of alkyl carbamates (subject to hydrolysis) is 1. The van der Waals surface area contributed by atoms with E-state index in [4.69, 9.17) is 18.9 Å². The third kappa shape index (κ3) is 8.66. The van der Waals surface area contributed by atoms with Gasteiger partial charge in [-0.25, -0.2) is 27.0 Å². The molecule has 4 aliphatic rings. The third-order valence-electron chi connectivity index (χ3n) is 11.4. The highest BCUT2D eigenvalue weighted by molar-refractivity contribution is 7.91. The zero-order valence-electron chi connectivity index (χ0n) is 32.9. The summed E-state index contributed by atoms with van der Waals surface area (Å²) in [7, 11) is -2.56. The maximum atomic E-state index is 14.8. The number of hydrogen-bond donors (Lipinski definition) is 3. The number of nitrogens with one attached hydrogen (secondary N) is 3. The van der Waals surface area contributed by atoms with Gasteiger partial charge < -0.3 is 34.5 Å². The number of carbonyl (C=O) groups excluding carboxylic acids is 4. The molecular formula is C39H51F2N5O10S. The van der Waals surface area contributed by atoms with Crippen LogP contribution in [0.2, 0.25) is 0 Å². The number of allylic oxidation sites excluding steroid dienone is 1. The van der Waals surface area contributed by atoms with Crippen LogP contribution in [0.4, 0.5) is 13.6 Å². The molecule has 2 aliphatic carbocycles.